The minimum Gasteiger partial charge on any atom is -0.376 e. The maximum atomic E-state index is 5.34. The van der Waals surface area contributed by atoms with Crippen LogP contribution in [0.2, 0.25) is 0 Å². The molecule has 1 saturated heterocycles. The predicted molar refractivity (Wildman–Crippen MR) is 41.6 cm³/mol. The molecule has 3 heteroatoms. The Kier molecular flexibility index (Phi) is 4.19. The second-order valence-corrected chi connectivity index (χ2v) is 2.39. The molecule has 11 heavy (non-hydrogen) atoms. The SMILES string of the molecule is C=CCOCC1COCCO1. The van der Waals surface area contributed by atoms with Gasteiger partial charge in [0.15, 0.2) is 0 Å². The maximum absolute atomic E-state index is 5.34. The molecule has 0 aromatic carbocycles. The first-order valence-electron chi connectivity index (χ1n) is 3.81. The smallest absolute Gasteiger partial charge is 0.104 e. The molecule has 0 aliphatic carbocycles. The monoisotopic (exact) mass is 158 g/mol. The van der Waals surface area contributed by atoms with E-state index in [1.807, 2.05) is 0 Å². The van der Waals surface area contributed by atoms with E-state index in [0.29, 0.717) is 33.0 Å². The average Bonchev–Trinajstić information content (AvgIpc) is 2.07. The van der Waals surface area contributed by atoms with Crippen molar-refractivity contribution in [3.63, 3.8) is 0 Å². The first kappa shape index (κ1) is 8.71. The van der Waals surface area contributed by atoms with Gasteiger partial charge >= 0.3 is 0 Å². The summed E-state index contributed by atoms with van der Waals surface area (Å²) < 4.78 is 15.7. The summed E-state index contributed by atoms with van der Waals surface area (Å²) in [5, 5.41) is 0. The normalized spacial score (nSPS) is 24.9. The largest absolute Gasteiger partial charge is 0.376 e. The molecule has 1 unspecified atom stereocenters. The Morgan fingerprint density at radius 2 is 2.45 bits per heavy atom. The van der Waals surface area contributed by atoms with Gasteiger partial charge in [-0.25, -0.2) is 0 Å². The maximum Gasteiger partial charge on any atom is 0.104 e. The third-order valence-electron chi connectivity index (χ3n) is 1.42. The van der Waals surface area contributed by atoms with Gasteiger partial charge in [-0.15, -0.1) is 6.58 Å². The van der Waals surface area contributed by atoms with Gasteiger partial charge in [0.2, 0.25) is 0 Å². The molecule has 0 saturated carbocycles. The highest BCUT2D eigenvalue weighted by Gasteiger charge is 2.13. The van der Waals surface area contributed by atoms with E-state index in [1.54, 1.807) is 6.08 Å². The van der Waals surface area contributed by atoms with Crippen LogP contribution in [0.15, 0.2) is 12.7 Å². The van der Waals surface area contributed by atoms with Gasteiger partial charge in [-0.05, 0) is 0 Å². The highest BCUT2D eigenvalue weighted by molar-refractivity contribution is 4.66. The first-order valence-corrected chi connectivity index (χ1v) is 3.81. The molecule has 1 aliphatic rings. The van der Waals surface area contributed by atoms with Crippen LogP contribution in [0.4, 0.5) is 0 Å². The fraction of sp³-hybridized carbons (Fsp3) is 0.750. The molecule has 0 aromatic heterocycles. The number of rotatable bonds is 4. The van der Waals surface area contributed by atoms with Gasteiger partial charge in [0.25, 0.3) is 0 Å². The molecule has 1 heterocycles. The molecule has 0 bridgehead atoms. The second-order valence-electron chi connectivity index (χ2n) is 2.39. The van der Waals surface area contributed by atoms with Crippen LogP contribution in [0, 0.1) is 0 Å². The lowest BCUT2D eigenvalue weighted by Crippen LogP contribution is -2.32. The fourth-order valence-corrected chi connectivity index (χ4v) is 0.916. The summed E-state index contributed by atoms with van der Waals surface area (Å²) in [6.07, 6.45) is 1.84. The van der Waals surface area contributed by atoms with Crippen molar-refractivity contribution < 1.29 is 14.2 Å². The quantitative estimate of drug-likeness (QED) is 0.443. The van der Waals surface area contributed by atoms with Crippen LogP contribution in [0.25, 0.3) is 0 Å². The summed E-state index contributed by atoms with van der Waals surface area (Å²) >= 11 is 0. The van der Waals surface area contributed by atoms with Gasteiger partial charge < -0.3 is 14.2 Å². The van der Waals surface area contributed by atoms with Crippen LogP contribution < -0.4 is 0 Å². The van der Waals surface area contributed by atoms with Crippen LogP contribution in [0.1, 0.15) is 0 Å². The summed E-state index contributed by atoms with van der Waals surface area (Å²) in [7, 11) is 0. The Bertz CT molecular complexity index is 108. The average molecular weight is 158 g/mol. The van der Waals surface area contributed by atoms with E-state index in [-0.39, 0.29) is 6.10 Å². The van der Waals surface area contributed by atoms with E-state index in [2.05, 4.69) is 6.58 Å². The Hall–Kier alpha value is -0.380. The minimum absolute atomic E-state index is 0.115. The van der Waals surface area contributed by atoms with Crippen molar-refractivity contribution in [1.29, 1.82) is 0 Å². The molecule has 0 amide bonds. The van der Waals surface area contributed by atoms with E-state index < -0.39 is 0 Å². The van der Waals surface area contributed by atoms with Gasteiger partial charge in [0.1, 0.15) is 6.10 Å². The van der Waals surface area contributed by atoms with E-state index in [4.69, 9.17) is 14.2 Å². The molecule has 1 atom stereocenters. The molecule has 64 valence electrons. The summed E-state index contributed by atoms with van der Waals surface area (Å²) in [4.78, 5) is 0. The molecule has 1 rings (SSSR count). The molecule has 3 nitrogen and oxygen atoms in total. The van der Waals surface area contributed by atoms with E-state index in [9.17, 15) is 0 Å². The zero-order valence-corrected chi connectivity index (χ0v) is 6.62. The van der Waals surface area contributed by atoms with E-state index >= 15 is 0 Å². The lowest BCUT2D eigenvalue weighted by molar-refractivity contribution is -0.113. The third kappa shape index (κ3) is 3.51. The highest BCUT2D eigenvalue weighted by Crippen LogP contribution is 2.00. The van der Waals surface area contributed by atoms with Crippen LogP contribution in [0.5, 0.6) is 0 Å². The molecule has 1 fully saturated rings. The zero-order valence-electron chi connectivity index (χ0n) is 6.62. The van der Waals surface area contributed by atoms with Crippen molar-refractivity contribution in [3.05, 3.63) is 12.7 Å². The van der Waals surface area contributed by atoms with Gasteiger partial charge in [-0.3, -0.25) is 0 Å². The van der Waals surface area contributed by atoms with Gasteiger partial charge in [-0.2, -0.15) is 0 Å². The van der Waals surface area contributed by atoms with Crippen LogP contribution in [-0.2, 0) is 14.2 Å². The van der Waals surface area contributed by atoms with Crippen molar-refractivity contribution in [1.82, 2.24) is 0 Å². The van der Waals surface area contributed by atoms with Crippen molar-refractivity contribution >= 4 is 0 Å². The van der Waals surface area contributed by atoms with Crippen LogP contribution in [0.3, 0.4) is 0 Å². The standard InChI is InChI=1S/C8H14O3/c1-2-3-9-6-8-7-10-4-5-11-8/h2,8H,1,3-7H2. The summed E-state index contributed by atoms with van der Waals surface area (Å²) in [5.74, 6) is 0. The van der Waals surface area contributed by atoms with Crippen LogP contribution in [-0.4, -0.2) is 39.1 Å². The molecule has 0 N–H and O–H groups in total. The Balaban J connectivity index is 2.00. The van der Waals surface area contributed by atoms with Gasteiger partial charge in [0.05, 0.1) is 33.0 Å². The second kappa shape index (κ2) is 5.29. The van der Waals surface area contributed by atoms with Gasteiger partial charge in [-0.1, -0.05) is 6.08 Å². The molecule has 0 radical (unpaired) electrons. The van der Waals surface area contributed by atoms with E-state index in [1.165, 1.54) is 0 Å². The lowest BCUT2D eigenvalue weighted by Gasteiger charge is -2.22. The van der Waals surface area contributed by atoms with Gasteiger partial charge in [0, 0.05) is 0 Å². The Labute approximate surface area is 66.9 Å². The summed E-state index contributed by atoms with van der Waals surface area (Å²) in [5.41, 5.74) is 0. The number of hydrogen-bond donors (Lipinski definition) is 0. The lowest BCUT2D eigenvalue weighted by atomic mass is 10.4. The number of ether oxygens (including phenoxy) is 3. The van der Waals surface area contributed by atoms with Crippen molar-refractivity contribution in [2.75, 3.05) is 33.0 Å². The molecule has 0 aromatic rings. The van der Waals surface area contributed by atoms with E-state index in [0.717, 1.165) is 0 Å². The summed E-state index contributed by atoms with van der Waals surface area (Å²) in [6.45, 7) is 6.77. The molecule has 0 spiro atoms. The molecule has 1 aliphatic heterocycles. The molecular formula is C8H14O3. The van der Waals surface area contributed by atoms with Crippen LogP contribution >= 0.6 is 0 Å². The Morgan fingerprint density at radius 1 is 1.55 bits per heavy atom. The highest BCUT2D eigenvalue weighted by atomic mass is 16.6. The molecular weight excluding hydrogens is 144 g/mol. The topological polar surface area (TPSA) is 27.7 Å². The first-order chi connectivity index (χ1) is 5.43. The Morgan fingerprint density at radius 3 is 3.09 bits per heavy atom. The predicted octanol–water partition coefficient (Wildman–Crippen LogP) is 0.604. The third-order valence-corrected chi connectivity index (χ3v) is 1.42. The fourth-order valence-electron chi connectivity index (χ4n) is 0.916. The minimum atomic E-state index is 0.115. The zero-order chi connectivity index (χ0) is 7.94. The van der Waals surface area contributed by atoms with Crippen molar-refractivity contribution in [2.24, 2.45) is 0 Å². The number of hydrogen-bond acceptors (Lipinski definition) is 3. The summed E-state index contributed by atoms with van der Waals surface area (Å²) in [6, 6.07) is 0. The van der Waals surface area contributed by atoms with Crippen molar-refractivity contribution in [2.45, 2.75) is 6.10 Å². The van der Waals surface area contributed by atoms with Crippen molar-refractivity contribution in [3.8, 4) is 0 Å².